The minimum Gasteiger partial charge on any atom is -0.392 e. The number of hydrogen-bond acceptors (Lipinski definition) is 8. The Balaban J connectivity index is 1.26. The Morgan fingerprint density at radius 1 is 0.840 bits per heavy atom. The first kappa shape index (κ1) is 36.9. The lowest BCUT2D eigenvalue weighted by atomic mass is 9.98. The van der Waals surface area contributed by atoms with Gasteiger partial charge in [-0.05, 0) is 59.8 Å². The van der Waals surface area contributed by atoms with Crippen molar-refractivity contribution >= 4 is 11.8 Å². The second-order valence-electron chi connectivity index (χ2n) is 12.9. The number of nitrogens with zero attached hydrogens (tertiary/aromatic N) is 1. The smallest absolute Gasteiger partial charge is 0.243 e. The number of hydroxylamine groups is 1. The van der Waals surface area contributed by atoms with Gasteiger partial charge in [-0.1, -0.05) is 97.1 Å². The van der Waals surface area contributed by atoms with E-state index in [1.165, 1.54) is 0 Å². The summed E-state index contributed by atoms with van der Waals surface area (Å²) in [5.74, 6) is -0.671. The number of nitrogens with one attached hydrogen (secondary N) is 2. The maximum Gasteiger partial charge on any atom is 0.243 e. The van der Waals surface area contributed by atoms with Gasteiger partial charge in [-0.2, -0.15) is 0 Å². The number of aliphatic hydroxyl groups excluding tert-OH is 2. The van der Waals surface area contributed by atoms with E-state index in [2.05, 4.69) is 10.2 Å². The minimum absolute atomic E-state index is 0.0239. The molecule has 0 aromatic heterocycles. The first-order chi connectivity index (χ1) is 24.2. The Bertz CT molecular complexity index is 1670. The van der Waals surface area contributed by atoms with Crippen LogP contribution in [0.3, 0.4) is 0 Å². The molecule has 0 aliphatic carbocycles. The third-order valence-electron chi connectivity index (χ3n) is 9.27. The van der Waals surface area contributed by atoms with Gasteiger partial charge in [0.05, 0.1) is 24.9 Å². The van der Waals surface area contributed by atoms with Crippen molar-refractivity contribution in [3.8, 4) is 11.1 Å². The predicted octanol–water partition coefficient (Wildman–Crippen LogP) is 5.74. The van der Waals surface area contributed by atoms with Crippen molar-refractivity contribution in [1.82, 2.24) is 15.7 Å². The van der Waals surface area contributed by atoms with Gasteiger partial charge in [0.1, 0.15) is 0 Å². The summed E-state index contributed by atoms with van der Waals surface area (Å²) < 4.78 is 13.1. The van der Waals surface area contributed by atoms with E-state index in [1.807, 2.05) is 117 Å². The predicted molar refractivity (Wildman–Crippen MR) is 189 cm³/mol. The molecule has 10 heteroatoms. The second-order valence-corrected chi connectivity index (χ2v) is 12.9. The number of likely N-dealkylation sites (N-methyl/N-ethyl adjacent to an activating group) is 1. The number of rotatable bonds is 15. The zero-order chi connectivity index (χ0) is 35.5. The molecule has 10 nitrogen and oxygen atoms in total. The number of aliphatic hydroxyl groups is 2. The summed E-state index contributed by atoms with van der Waals surface area (Å²) in [6.45, 7) is 2.95. The minimum atomic E-state index is -0.645. The molecule has 0 spiro atoms. The van der Waals surface area contributed by atoms with E-state index < -0.39 is 18.3 Å². The van der Waals surface area contributed by atoms with Crippen LogP contribution in [0.25, 0.3) is 11.1 Å². The third kappa shape index (κ3) is 10.1. The highest BCUT2D eigenvalue weighted by atomic mass is 16.7. The topological polar surface area (TPSA) is 141 Å². The highest BCUT2D eigenvalue weighted by molar-refractivity contribution is 5.78. The van der Waals surface area contributed by atoms with E-state index in [0.717, 1.165) is 38.9 Å². The third-order valence-corrected chi connectivity index (χ3v) is 9.27. The molecule has 0 unspecified atom stereocenters. The van der Waals surface area contributed by atoms with Crippen LogP contribution in [0.1, 0.15) is 78.9 Å². The Hall–Kier alpha value is -4.42. The van der Waals surface area contributed by atoms with Gasteiger partial charge in [0.15, 0.2) is 6.29 Å². The molecule has 5 N–H and O–H groups in total. The van der Waals surface area contributed by atoms with Crippen molar-refractivity contribution in [1.29, 1.82) is 0 Å². The summed E-state index contributed by atoms with van der Waals surface area (Å²) in [6, 6.07) is 33.4. The second kappa shape index (κ2) is 18.0. The van der Waals surface area contributed by atoms with Crippen molar-refractivity contribution in [2.45, 2.75) is 76.4 Å². The molecule has 1 aliphatic rings. The van der Waals surface area contributed by atoms with Gasteiger partial charge in [0, 0.05) is 44.0 Å². The van der Waals surface area contributed by atoms with Gasteiger partial charge >= 0.3 is 0 Å². The molecule has 0 radical (unpaired) electrons. The molecule has 1 heterocycles. The first-order valence-electron chi connectivity index (χ1n) is 17.1. The molecular weight excluding hydrogens is 634 g/mol. The summed E-state index contributed by atoms with van der Waals surface area (Å²) in [7, 11) is 2.00. The Morgan fingerprint density at radius 3 is 2.24 bits per heavy atom. The highest BCUT2D eigenvalue weighted by Crippen LogP contribution is 2.39. The fourth-order valence-electron chi connectivity index (χ4n) is 6.14. The highest BCUT2D eigenvalue weighted by Gasteiger charge is 2.34. The Kier molecular flexibility index (Phi) is 13.3. The maximum absolute atomic E-state index is 12.2. The zero-order valence-electron chi connectivity index (χ0n) is 28.6. The summed E-state index contributed by atoms with van der Waals surface area (Å²) in [5.41, 5.74) is 8.12. The van der Waals surface area contributed by atoms with E-state index in [-0.39, 0.29) is 43.6 Å². The van der Waals surface area contributed by atoms with Crippen molar-refractivity contribution in [2.75, 3.05) is 13.6 Å². The van der Waals surface area contributed by atoms with Crippen LogP contribution < -0.4 is 10.8 Å². The van der Waals surface area contributed by atoms with Crippen molar-refractivity contribution in [3.05, 3.63) is 131 Å². The zero-order valence-corrected chi connectivity index (χ0v) is 28.6. The summed E-state index contributed by atoms with van der Waals surface area (Å²) in [5, 5.41) is 32.1. The molecule has 1 fully saturated rings. The van der Waals surface area contributed by atoms with E-state index in [0.29, 0.717) is 25.9 Å². The average molecular weight is 682 g/mol. The van der Waals surface area contributed by atoms with Crippen LogP contribution in [0.4, 0.5) is 0 Å². The van der Waals surface area contributed by atoms with Crippen molar-refractivity contribution in [2.24, 2.45) is 0 Å². The fourth-order valence-corrected chi connectivity index (χ4v) is 6.14. The summed E-state index contributed by atoms with van der Waals surface area (Å²) in [4.78, 5) is 25.5. The molecular formula is C40H47N3O7. The molecule has 4 aromatic rings. The van der Waals surface area contributed by atoms with Gasteiger partial charge in [0.25, 0.3) is 0 Å². The van der Waals surface area contributed by atoms with E-state index in [4.69, 9.17) is 14.7 Å². The van der Waals surface area contributed by atoms with Gasteiger partial charge in [-0.3, -0.25) is 19.7 Å². The first-order valence-corrected chi connectivity index (χ1v) is 17.1. The fraction of sp³-hybridized carbons (Fsp3) is 0.350. The summed E-state index contributed by atoms with van der Waals surface area (Å²) in [6.07, 6.45) is -0.402. The lowest BCUT2D eigenvalue weighted by molar-refractivity contribution is -0.253. The number of carbonyl (C=O) groups excluding carboxylic acids is 2. The lowest BCUT2D eigenvalue weighted by Gasteiger charge is -2.39. The lowest BCUT2D eigenvalue weighted by Crippen LogP contribution is -2.43. The van der Waals surface area contributed by atoms with Gasteiger partial charge in [-0.25, -0.2) is 5.48 Å². The van der Waals surface area contributed by atoms with Crippen molar-refractivity contribution in [3.63, 3.8) is 0 Å². The van der Waals surface area contributed by atoms with Crippen LogP contribution in [0, 0.1) is 0 Å². The van der Waals surface area contributed by atoms with Gasteiger partial charge < -0.3 is 25.0 Å². The number of ether oxygens (including phenoxy) is 2. The number of carbonyl (C=O) groups is 2. The molecule has 2 amide bonds. The molecule has 5 rings (SSSR count). The monoisotopic (exact) mass is 681 g/mol. The number of hydrogen-bond donors (Lipinski definition) is 5. The standard InChI is InChI=1S/C40H47N3O7/c1-27(39(47)32-9-4-3-5-10-32)43(2)25-35-23-36(31-16-14-28(26-44)15-17-31)50-40(49-35)33-20-18-30(19-21-33)34-11-6-8-29(22-34)24-41-37(45)12-7-13-38(46)42-48/h3-6,8-11,14-22,27,35-36,39-40,44,47-48H,7,12-13,23-26H2,1-2H3,(H,41,45)(H,42,46)/t27-,35+,36-,39-,40-/m0/s1. The van der Waals surface area contributed by atoms with Crippen LogP contribution in [-0.4, -0.2) is 57.9 Å². The van der Waals surface area contributed by atoms with E-state index >= 15 is 0 Å². The molecule has 4 aromatic carbocycles. The van der Waals surface area contributed by atoms with Gasteiger partial charge in [0.2, 0.25) is 11.8 Å². The molecule has 0 bridgehead atoms. The molecule has 264 valence electrons. The quantitative estimate of drug-likeness (QED) is 0.0791. The number of benzene rings is 4. The van der Waals surface area contributed by atoms with Gasteiger partial charge in [-0.15, -0.1) is 0 Å². The molecule has 5 atom stereocenters. The molecule has 1 aliphatic heterocycles. The van der Waals surface area contributed by atoms with Crippen LogP contribution >= 0.6 is 0 Å². The van der Waals surface area contributed by atoms with Crippen LogP contribution in [0.15, 0.2) is 103 Å². The van der Waals surface area contributed by atoms with Crippen molar-refractivity contribution < 1.29 is 34.5 Å². The molecule has 0 saturated carbocycles. The van der Waals surface area contributed by atoms with Crippen LogP contribution in [-0.2, 0) is 32.2 Å². The average Bonchev–Trinajstić information content (AvgIpc) is 3.16. The van der Waals surface area contributed by atoms with E-state index in [9.17, 15) is 19.8 Å². The Morgan fingerprint density at radius 2 is 1.54 bits per heavy atom. The normalized spacial score (nSPS) is 18.7. The summed E-state index contributed by atoms with van der Waals surface area (Å²) >= 11 is 0. The largest absolute Gasteiger partial charge is 0.392 e. The SMILES string of the molecule is C[C@@H]([C@H](O)c1ccccc1)N(C)C[C@H]1C[C@@H](c2ccc(CO)cc2)O[C@@H](c2ccc(-c3cccc(CNC(=O)CCCC(=O)NO)c3)cc2)O1. The van der Waals surface area contributed by atoms with Crippen LogP contribution in [0.5, 0.6) is 0 Å². The maximum atomic E-state index is 12.2. The Labute approximate surface area is 293 Å². The number of amides is 2. The molecule has 1 saturated heterocycles. The molecule has 50 heavy (non-hydrogen) atoms. The van der Waals surface area contributed by atoms with E-state index in [1.54, 1.807) is 5.48 Å². The van der Waals surface area contributed by atoms with Crippen LogP contribution in [0.2, 0.25) is 0 Å².